The molecule has 92 valence electrons. The first-order valence-electron chi connectivity index (χ1n) is 5.52. The van der Waals surface area contributed by atoms with E-state index in [2.05, 4.69) is 19.9 Å². The molecule has 0 radical (unpaired) electrons. The van der Waals surface area contributed by atoms with Crippen LogP contribution in [-0.2, 0) is 24.4 Å². The van der Waals surface area contributed by atoms with Crippen LogP contribution in [0.1, 0.15) is 5.82 Å². The lowest BCUT2D eigenvalue weighted by Crippen LogP contribution is -2.09. The molecule has 0 saturated carbocycles. The van der Waals surface area contributed by atoms with Gasteiger partial charge in [-0.15, -0.1) is 0 Å². The highest BCUT2D eigenvalue weighted by molar-refractivity contribution is 5.29. The van der Waals surface area contributed by atoms with E-state index in [1.54, 1.807) is 13.3 Å². The first kappa shape index (κ1) is 11.7. The zero-order valence-corrected chi connectivity index (χ0v) is 10.1. The van der Waals surface area contributed by atoms with Crippen LogP contribution in [0.15, 0.2) is 24.9 Å². The number of aromatic nitrogens is 4. The average Bonchev–Trinajstić information content (AvgIpc) is 2.95. The van der Waals surface area contributed by atoms with Crippen molar-refractivity contribution >= 4 is 5.82 Å². The summed E-state index contributed by atoms with van der Waals surface area (Å²) in [6, 6.07) is 0. The molecule has 0 aliphatic heterocycles. The van der Waals surface area contributed by atoms with E-state index >= 15 is 0 Å². The molecule has 0 aromatic carbocycles. The number of imidazole rings is 2. The molecule has 0 fully saturated rings. The van der Waals surface area contributed by atoms with Crippen LogP contribution >= 0.6 is 0 Å². The molecule has 0 bridgehead atoms. The number of hydrogen-bond donors (Lipinski definition) is 1. The normalized spacial score (nSPS) is 10.7. The molecule has 2 heterocycles. The minimum Gasteiger partial charge on any atom is -0.377 e. The van der Waals surface area contributed by atoms with Crippen LogP contribution in [0.3, 0.4) is 0 Å². The van der Waals surface area contributed by atoms with Gasteiger partial charge in [-0.3, -0.25) is 0 Å². The summed E-state index contributed by atoms with van der Waals surface area (Å²) < 4.78 is 9.22. The van der Waals surface area contributed by atoms with Crippen LogP contribution in [0.5, 0.6) is 0 Å². The van der Waals surface area contributed by atoms with Crippen molar-refractivity contribution in [2.45, 2.75) is 19.7 Å². The quantitative estimate of drug-likeness (QED) is 0.810. The average molecular weight is 235 g/mol. The Balaban J connectivity index is 1.94. The number of hydrogen-bond acceptors (Lipinski definition) is 4. The molecule has 2 aromatic rings. The van der Waals surface area contributed by atoms with Crippen LogP contribution in [0.4, 0.5) is 5.82 Å². The SMILES string of the molecule is CNc1cn(CCn2ccnc2COC)cn1. The van der Waals surface area contributed by atoms with Crippen molar-refractivity contribution < 1.29 is 4.74 Å². The predicted octanol–water partition coefficient (Wildman–Crippen LogP) is 0.968. The van der Waals surface area contributed by atoms with Crippen LogP contribution in [0.25, 0.3) is 0 Å². The maximum absolute atomic E-state index is 5.09. The Kier molecular flexibility index (Phi) is 3.77. The van der Waals surface area contributed by atoms with Crippen molar-refractivity contribution in [1.82, 2.24) is 19.1 Å². The Morgan fingerprint density at radius 2 is 2.24 bits per heavy atom. The molecule has 0 saturated heterocycles. The lowest BCUT2D eigenvalue weighted by atomic mass is 10.5. The van der Waals surface area contributed by atoms with Gasteiger partial charge >= 0.3 is 0 Å². The summed E-state index contributed by atoms with van der Waals surface area (Å²) in [4.78, 5) is 8.44. The molecule has 0 amide bonds. The van der Waals surface area contributed by atoms with E-state index < -0.39 is 0 Å². The molecule has 17 heavy (non-hydrogen) atoms. The monoisotopic (exact) mass is 235 g/mol. The maximum atomic E-state index is 5.09. The smallest absolute Gasteiger partial charge is 0.143 e. The number of methoxy groups -OCH3 is 1. The van der Waals surface area contributed by atoms with Gasteiger partial charge in [-0.25, -0.2) is 9.97 Å². The molecular formula is C11H17N5O. The zero-order chi connectivity index (χ0) is 12.1. The first-order chi connectivity index (χ1) is 8.33. The second kappa shape index (κ2) is 5.49. The molecule has 0 spiro atoms. The number of nitrogens with zero attached hydrogens (tertiary/aromatic N) is 4. The fraction of sp³-hybridized carbons (Fsp3) is 0.455. The third kappa shape index (κ3) is 2.85. The number of rotatable bonds is 6. The topological polar surface area (TPSA) is 56.9 Å². The predicted molar refractivity (Wildman–Crippen MR) is 64.7 cm³/mol. The van der Waals surface area contributed by atoms with Gasteiger partial charge < -0.3 is 19.2 Å². The molecule has 0 aliphatic rings. The van der Waals surface area contributed by atoms with Crippen molar-refractivity contribution in [1.29, 1.82) is 0 Å². The lowest BCUT2D eigenvalue weighted by molar-refractivity contribution is 0.174. The number of ether oxygens (including phenoxy) is 1. The van der Waals surface area contributed by atoms with E-state index in [-0.39, 0.29) is 0 Å². The molecular weight excluding hydrogens is 218 g/mol. The summed E-state index contributed by atoms with van der Waals surface area (Å²) in [5, 5.41) is 3.00. The largest absolute Gasteiger partial charge is 0.377 e. The first-order valence-corrected chi connectivity index (χ1v) is 5.52. The Morgan fingerprint density at radius 3 is 2.94 bits per heavy atom. The summed E-state index contributed by atoms with van der Waals surface area (Å²) in [6.07, 6.45) is 7.55. The van der Waals surface area contributed by atoms with Crippen molar-refractivity contribution in [3.8, 4) is 0 Å². The van der Waals surface area contributed by atoms with Gasteiger partial charge in [-0.1, -0.05) is 0 Å². The van der Waals surface area contributed by atoms with Gasteiger partial charge in [-0.2, -0.15) is 0 Å². The highest BCUT2D eigenvalue weighted by Gasteiger charge is 2.02. The highest BCUT2D eigenvalue weighted by atomic mass is 16.5. The van der Waals surface area contributed by atoms with E-state index in [1.807, 2.05) is 30.3 Å². The summed E-state index contributed by atoms with van der Waals surface area (Å²) in [5.74, 6) is 1.83. The van der Waals surface area contributed by atoms with Crippen molar-refractivity contribution in [2.75, 3.05) is 19.5 Å². The molecule has 6 nitrogen and oxygen atoms in total. The van der Waals surface area contributed by atoms with Crippen LogP contribution < -0.4 is 5.32 Å². The zero-order valence-electron chi connectivity index (χ0n) is 10.1. The number of aryl methyl sites for hydroxylation is 2. The highest BCUT2D eigenvalue weighted by Crippen LogP contribution is 2.04. The van der Waals surface area contributed by atoms with Crippen LogP contribution in [0, 0.1) is 0 Å². The second-order valence-electron chi connectivity index (χ2n) is 3.72. The summed E-state index contributed by atoms with van der Waals surface area (Å²) >= 11 is 0. The number of anilines is 1. The van der Waals surface area contributed by atoms with Gasteiger partial charge in [0.05, 0.1) is 6.33 Å². The lowest BCUT2D eigenvalue weighted by Gasteiger charge is -2.07. The minimum absolute atomic E-state index is 0.540. The number of nitrogens with one attached hydrogen (secondary N) is 1. The van der Waals surface area contributed by atoms with Gasteiger partial charge in [0.2, 0.25) is 0 Å². The van der Waals surface area contributed by atoms with Crippen LogP contribution in [-0.4, -0.2) is 33.3 Å². The Hall–Kier alpha value is -1.82. The third-order valence-corrected chi connectivity index (χ3v) is 2.56. The van der Waals surface area contributed by atoms with Gasteiger partial charge in [-0.05, 0) is 0 Å². The van der Waals surface area contributed by atoms with Crippen molar-refractivity contribution in [2.24, 2.45) is 0 Å². The van der Waals surface area contributed by atoms with Crippen molar-refractivity contribution in [3.63, 3.8) is 0 Å². The third-order valence-electron chi connectivity index (χ3n) is 2.56. The van der Waals surface area contributed by atoms with E-state index in [9.17, 15) is 0 Å². The van der Waals surface area contributed by atoms with Gasteiger partial charge in [0, 0.05) is 45.8 Å². The van der Waals surface area contributed by atoms with E-state index in [0.717, 1.165) is 24.7 Å². The van der Waals surface area contributed by atoms with Crippen molar-refractivity contribution in [3.05, 3.63) is 30.7 Å². The molecule has 0 unspecified atom stereocenters. The van der Waals surface area contributed by atoms with Gasteiger partial charge in [0.1, 0.15) is 18.2 Å². The van der Waals surface area contributed by atoms with Gasteiger partial charge in [0.25, 0.3) is 0 Å². The molecule has 2 rings (SSSR count). The standard InChI is InChI=1S/C11H17N5O/c1-12-10-7-15(9-14-10)5-6-16-4-3-13-11(16)8-17-2/h3-4,7,9,12H,5-6,8H2,1-2H3. The second-order valence-corrected chi connectivity index (χ2v) is 3.72. The molecule has 2 aromatic heterocycles. The molecule has 0 aliphatic carbocycles. The Morgan fingerprint density at radius 1 is 1.35 bits per heavy atom. The summed E-state index contributed by atoms with van der Waals surface area (Å²) in [7, 11) is 3.54. The fourth-order valence-electron chi connectivity index (χ4n) is 1.65. The molecule has 0 atom stereocenters. The Labute approximate surface area is 100 Å². The van der Waals surface area contributed by atoms with E-state index in [0.29, 0.717) is 6.61 Å². The maximum Gasteiger partial charge on any atom is 0.143 e. The summed E-state index contributed by atoms with van der Waals surface area (Å²) in [5.41, 5.74) is 0. The Bertz CT molecular complexity index is 462. The summed E-state index contributed by atoms with van der Waals surface area (Å²) in [6.45, 7) is 2.26. The molecule has 1 N–H and O–H groups in total. The minimum atomic E-state index is 0.540. The van der Waals surface area contributed by atoms with E-state index in [4.69, 9.17) is 4.74 Å². The van der Waals surface area contributed by atoms with E-state index in [1.165, 1.54) is 0 Å². The fourth-order valence-corrected chi connectivity index (χ4v) is 1.65. The molecule has 6 heteroatoms. The van der Waals surface area contributed by atoms with Crippen LogP contribution in [0.2, 0.25) is 0 Å². The van der Waals surface area contributed by atoms with Gasteiger partial charge in [0.15, 0.2) is 0 Å².